The number of aryl methyl sites for hydroxylation is 2. The average Bonchev–Trinajstić information content (AvgIpc) is 2.51. The van der Waals surface area contributed by atoms with Gasteiger partial charge in [0.15, 0.2) is 0 Å². The summed E-state index contributed by atoms with van der Waals surface area (Å²) in [6.07, 6.45) is 2.38. The molecule has 5 heteroatoms. The van der Waals surface area contributed by atoms with Crippen molar-refractivity contribution >= 4 is 11.7 Å². The first-order valence-corrected chi connectivity index (χ1v) is 7.30. The largest absolute Gasteiger partial charge is 0.494 e. The Morgan fingerprint density at radius 1 is 1.14 bits per heavy atom. The summed E-state index contributed by atoms with van der Waals surface area (Å²) in [5.74, 6) is 0.848. The number of benzene rings is 1. The second-order valence-electron chi connectivity index (χ2n) is 5.08. The van der Waals surface area contributed by atoms with Crippen molar-refractivity contribution in [2.24, 2.45) is 0 Å². The van der Waals surface area contributed by atoms with E-state index in [0.29, 0.717) is 18.8 Å². The molecule has 2 rings (SSSR count). The number of anilines is 1. The van der Waals surface area contributed by atoms with Crippen LogP contribution in [-0.2, 0) is 0 Å². The number of nitrogens with one attached hydrogen (secondary N) is 2. The molecule has 22 heavy (non-hydrogen) atoms. The fourth-order valence-corrected chi connectivity index (χ4v) is 1.82. The summed E-state index contributed by atoms with van der Waals surface area (Å²) in [7, 11) is 0. The molecule has 5 nitrogen and oxygen atoms in total. The number of carbonyl (C=O) groups is 1. The molecule has 0 fully saturated rings. The van der Waals surface area contributed by atoms with Crippen molar-refractivity contribution in [1.29, 1.82) is 0 Å². The Morgan fingerprint density at radius 2 is 1.91 bits per heavy atom. The standard InChI is InChI=1S/C17H21N3O2/c1-13-4-8-16(9-5-13)22-11-3-10-18-17(21)20-15-7-6-14(2)19-12-15/h4-9,12H,3,10-11H2,1-2H3,(H2,18,20,21). The van der Waals surface area contributed by atoms with Gasteiger partial charge >= 0.3 is 6.03 Å². The first-order chi connectivity index (χ1) is 10.6. The van der Waals surface area contributed by atoms with Gasteiger partial charge in [-0.3, -0.25) is 4.98 Å². The van der Waals surface area contributed by atoms with Gasteiger partial charge < -0.3 is 15.4 Å². The van der Waals surface area contributed by atoms with Crippen LogP contribution in [0, 0.1) is 13.8 Å². The van der Waals surface area contributed by atoms with Crippen molar-refractivity contribution in [3.8, 4) is 5.75 Å². The van der Waals surface area contributed by atoms with Crippen LogP contribution in [0.3, 0.4) is 0 Å². The third-order valence-corrected chi connectivity index (χ3v) is 3.07. The highest BCUT2D eigenvalue weighted by atomic mass is 16.5. The van der Waals surface area contributed by atoms with Crippen LogP contribution in [0.5, 0.6) is 5.75 Å². The molecule has 2 N–H and O–H groups in total. The quantitative estimate of drug-likeness (QED) is 0.805. The number of amides is 2. The van der Waals surface area contributed by atoms with Gasteiger partial charge in [-0.1, -0.05) is 17.7 Å². The molecule has 0 aliphatic rings. The minimum absolute atomic E-state index is 0.235. The summed E-state index contributed by atoms with van der Waals surface area (Å²) < 4.78 is 5.59. The number of carbonyl (C=O) groups excluding carboxylic acids is 1. The Labute approximate surface area is 130 Å². The van der Waals surface area contributed by atoms with E-state index >= 15 is 0 Å². The minimum Gasteiger partial charge on any atom is -0.494 e. The smallest absolute Gasteiger partial charge is 0.319 e. The summed E-state index contributed by atoms with van der Waals surface area (Å²) in [6, 6.07) is 11.3. The van der Waals surface area contributed by atoms with Gasteiger partial charge in [-0.15, -0.1) is 0 Å². The zero-order valence-corrected chi connectivity index (χ0v) is 12.9. The maximum atomic E-state index is 11.7. The highest BCUT2D eigenvalue weighted by molar-refractivity contribution is 5.88. The maximum absolute atomic E-state index is 11.7. The summed E-state index contributed by atoms with van der Waals surface area (Å²) in [5.41, 5.74) is 2.80. The number of urea groups is 1. The Bertz CT molecular complexity index is 594. The number of ether oxygens (including phenoxy) is 1. The van der Waals surface area contributed by atoms with Crippen molar-refractivity contribution in [3.05, 3.63) is 53.9 Å². The minimum atomic E-state index is -0.235. The van der Waals surface area contributed by atoms with E-state index in [2.05, 4.69) is 15.6 Å². The summed E-state index contributed by atoms with van der Waals surface area (Å²) in [6.45, 7) is 5.06. The van der Waals surface area contributed by atoms with Crippen LogP contribution in [0.25, 0.3) is 0 Å². The third kappa shape index (κ3) is 5.44. The molecule has 116 valence electrons. The van der Waals surface area contributed by atoms with E-state index in [1.165, 1.54) is 5.56 Å². The molecule has 0 saturated carbocycles. The summed E-state index contributed by atoms with van der Waals surface area (Å²) in [5, 5.41) is 5.51. The fourth-order valence-electron chi connectivity index (χ4n) is 1.82. The van der Waals surface area contributed by atoms with Gasteiger partial charge in [-0.05, 0) is 44.5 Å². The van der Waals surface area contributed by atoms with Crippen LogP contribution in [0.15, 0.2) is 42.6 Å². The highest BCUT2D eigenvalue weighted by Gasteiger charge is 2.01. The second kappa shape index (κ2) is 8.02. The van der Waals surface area contributed by atoms with Gasteiger partial charge in [-0.2, -0.15) is 0 Å². The first-order valence-electron chi connectivity index (χ1n) is 7.30. The van der Waals surface area contributed by atoms with Crippen LogP contribution in [0.4, 0.5) is 10.5 Å². The predicted molar refractivity (Wildman–Crippen MR) is 87.3 cm³/mol. The molecule has 0 saturated heterocycles. The molecule has 0 unspecified atom stereocenters. The number of hydrogen-bond acceptors (Lipinski definition) is 3. The topological polar surface area (TPSA) is 63.2 Å². The molecule has 0 aliphatic carbocycles. The molecule has 0 atom stereocenters. The van der Waals surface area contributed by atoms with Crippen LogP contribution >= 0.6 is 0 Å². The second-order valence-corrected chi connectivity index (χ2v) is 5.08. The Balaban J connectivity index is 1.61. The van der Waals surface area contributed by atoms with Gasteiger partial charge in [0.2, 0.25) is 0 Å². The lowest BCUT2D eigenvalue weighted by molar-refractivity contribution is 0.250. The SMILES string of the molecule is Cc1ccc(OCCCNC(=O)Nc2ccc(C)nc2)cc1. The molecule has 0 spiro atoms. The molecule has 2 aromatic rings. The van der Waals surface area contributed by atoms with E-state index in [1.54, 1.807) is 6.20 Å². The van der Waals surface area contributed by atoms with E-state index in [1.807, 2.05) is 50.2 Å². The van der Waals surface area contributed by atoms with Gasteiger partial charge in [-0.25, -0.2) is 4.79 Å². The van der Waals surface area contributed by atoms with Crippen molar-refractivity contribution in [1.82, 2.24) is 10.3 Å². The lowest BCUT2D eigenvalue weighted by Crippen LogP contribution is -2.30. The molecular formula is C17H21N3O2. The maximum Gasteiger partial charge on any atom is 0.319 e. The van der Waals surface area contributed by atoms with Gasteiger partial charge in [0, 0.05) is 12.2 Å². The first kappa shape index (κ1) is 15.8. The fraction of sp³-hybridized carbons (Fsp3) is 0.294. The average molecular weight is 299 g/mol. The summed E-state index contributed by atoms with van der Waals surface area (Å²) >= 11 is 0. The van der Waals surface area contributed by atoms with Gasteiger partial charge in [0.05, 0.1) is 18.5 Å². The zero-order valence-electron chi connectivity index (χ0n) is 12.9. The Hall–Kier alpha value is -2.56. The Morgan fingerprint density at radius 3 is 2.59 bits per heavy atom. The van der Waals surface area contributed by atoms with Crippen LogP contribution in [0.2, 0.25) is 0 Å². The highest BCUT2D eigenvalue weighted by Crippen LogP contribution is 2.11. The summed E-state index contributed by atoms with van der Waals surface area (Å²) in [4.78, 5) is 15.8. The normalized spacial score (nSPS) is 10.1. The molecule has 1 aromatic carbocycles. The van der Waals surface area contributed by atoms with Gasteiger partial charge in [0.25, 0.3) is 0 Å². The third-order valence-electron chi connectivity index (χ3n) is 3.07. The van der Waals surface area contributed by atoms with Crippen molar-refractivity contribution in [2.45, 2.75) is 20.3 Å². The van der Waals surface area contributed by atoms with E-state index in [9.17, 15) is 4.79 Å². The van der Waals surface area contributed by atoms with E-state index in [0.717, 1.165) is 17.9 Å². The van der Waals surface area contributed by atoms with E-state index in [4.69, 9.17) is 4.74 Å². The molecule has 1 aromatic heterocycles. The monoisotopic (exact) mass is 299 g/mol. The van der Waals surface area contributed by atoms with Crippen LogP contribution < -0.4 is 15.4 Å². The number of pyridine rings is 1. The molecule has 1 heterocycles. The van der Waals surface area contributed by atoms with Gasteiger partial charge in [0.1, 0.15) is 5.75 Å². The molecule has 0 radical (unpaired) electrons. The number of aromatic nitrogens is 1. The lowest BCUT2D eigenvalue weighted by atomic mass is 10.2. The lowest BCUT2D eigenvalue weighted by Gasteiger charge is -2.09. The molecule has 0 bridgehead atoms. The molecule has 2 amide bonds. The number of nitrogens with zero attached hydrogens (tertiary/aromatic N) is 1. The van der Waals surface area contributed by atoms with Crippen molar-refractivity contribution in [3.63, 3.8) is 0 Å². The zero-order chi connectivity index (χ0) is 15.8. The van der Waals surface area contributed by atoms with Crippen molar-refractivity contribution < 1.29 is 9.53 Å². The van der Waals surface area contributed by atoms with E-state index in [-0.39, 0.29) is 6.03 Å². The predicted octanol–water partition coefficient (Wildman–Crippen LogP) is 3.29. The van der Waals surface area contributed by atoms with Crippen LogP contribution in [0.1, 0.15) is 17.7 Å². The Kier molecular flexibility index (Phi) is 5.77. The van der Waals surface area contributed by atoms with E-state index < -0.39 is 0 Å². The number of hydrogen-bond donors (Lipinski definition) is 2. The van der Waals surface area contributed by atoms with Crippen LogP contribution in [-0.4, -0.2) is 24.2 Å². The van der Waals surface area contributed by atoms with Crippen molar-refractivity contribution in [2.75, 3.05) is 18.5 Å². The molecular weight excluding hydrogens is 278 g/mol. The number of rotatable bonds is 6. The molecule has 0 aliphatic heterocycles.